The number of rotatable bonds is 2. The van der Waals surface area contributed by atoms with Crippen LogP contribution in [0.15, 0.2) is 24.4 Å². The Morgan fingerprint density at radius 3 is 2.29 bits per heavy atom. The molecule has 6 nitrogen and oxygen atoms in total. The summed E-state index contributed by atoms with van der Waals surface area (Å²) in [6.45, 7) is 5.47. The number of piperazine rings is 1. The van der Waals surface area contributed by atoms with Crippen LogP contribution < -0.4 is 5.32 Å². The molecular formula is C11H16F3N3O3S. The maximum absolute atomic E-state index is 10.7. The molecule has 1 aromatic heterocycles. The highest BCUT2D eigenvalue weighted by Crippen LogP contribution is 2.20. The van der Waals surface area contributed by atoms with Gasteiger partial charge in [-0.05, 0) is 12.1 Å². The van der Waals surface area contributed by atoms with Crippen molar-refractivity contribution in [3.63, 3.8) is 0 Å². The van der Waals surface area contributed by atoms with Crippen LogP contribution in [0.3, 0.4) is 0 Å². The van der Waals surface area contributed by atoms with Crippen LogP contribution in [0, 0.1) is 0 Å². The summed E-state index contributed by atoms with van der Waals surface area (Å²) in [5, 5.41) is 3.34. The summed E-state index contributed by atoms with van der Waals surface area (Å²) in [4.78, 5) is 6.74. The number of halogens is 3. The van der Waals surface area contributed by atoms with E-state index < -0.39 is 15.6 Å². The third kappa shape index (κ3) is 6.85. The summed E-state index contributed by atoms with van der Waals surface area (Å²) in [6.07, 6.45) is 1.86. The highest BCUT2D eigenvalue weighted by molar-refractivity contribution is 7.86. The second kappa shape index (κ2) is 7.69. The zero-order chi connectivity index (χ0) is 15.9. The van der Waals surface area contributed by atoms with Gasteiger partial charge in [0.1, 0.15) is 0 Å². The minimum absolute atomic E-state index is 0.989. The lowest BCUT2D eigenvalue weighted by atomic mass is 10.3. The molecule has 0 saturated carbocycles. The van der Waals surface area contributed by atoms with E-state index in [2.05, 4.69) is 21.3 Å². The molecule has 0 radical (unpaired) electrons. The molecule has 120 valence electrons. The van der Waals surface area contributed by atoms with Crippen molar-refractivity contribution in [2.45, 2.75) is 12.1 Å². The third-order valence-corrected chi connectivity index (χ3v) is 3.20. The Morgan fingerprint density at radius 1 is 1.29 bits per heavy atom. The van der Waals surface area contributed by atoms with Crippen LogP contribution >= 0.6 is 0 Å². The molecule has 0 unspecified atom stereocenters. The first-order valence-electron chi connectivity index (χ1n) is 6.07. The Bertz CT molecular complexity index is 517. The fourth-order valence-corrected chi connectivity index (χ4v) is 1.59. The molecule has 0 bridgehead atoms. The van der Waals surface area contributed by atoms with Gasteiger partial charge in [-0.25, -0.2) is 0 Å². The summed E-state index contributed by atoms with van der Waals surface area (Å²) >= 11 is 0. The van der Waals surface area contributed by atoms with Gasteiger partial charge in [0.2, 0.25) is 0 Å². The predicted molar refractivity (Wildman–Crippen MR) is 70.0 cm³/mol. The Balaban J connectivity index is 0.000000240. The SMILES string of the molecule is O=S(=O)(O)C(F)(F)F.c1ccc(CN2CCNCC2)nc1. The van der Waals surface area contributed by atoms with Crippen LogP contribution in [0.5, 0.6) is 0 Å². The van der Waals surface area contributed by atoms with E-state index in [0.29, 0.717) is 0 Å². The van der Waals surface area contributed by atoms with E-state index in [4.69, 9.17) is 13.0 Å². The minimum atomic E-state index is -5.84. The van der Waals surface area contributed by atoms with Crippen molar-refractivity contribution in [1.82, 2.24) is 15.2 Å². The maximum Gasteiger partial charge on any atom is 0.522 e. The fraction of sp³-hybridized carbons (Fsp3) is 0.545. The summed E-state index contributed by atoms with van der Waals surface area (Å²) in [5.41, 5.74) is -4.36. The number of alkyl halides is 3. The second-order valence-corrected chi connectivity index (χ2v) is 5.68. The summed E-state index contributed by atoms with van der Waals surface area (Å²) in [7, 11) is -5.84. The third-order valence-electron chi connectivity index (χ3n) is 2.61. The Hall–Kier alpha value is -1.23. The molecule has 1 aliphatic heterocycles. The zero-order valence-corrected chi connectivity index (χ0v) is 11.9. The second-order valence-electron chi connectivity index (χ2n) is 4.27. The molecule has 1 aromatic rings. The predicted octanol–water partition coefficient (Wildman–Crippen LogP) is 0.881. The van der Waals surface area contributed by atoms with Gasteiger partial charge in [0.15, 0.2) is 0 Å². The smallest absolute Gasteiger partial charge is 0.314 e. The van der Waals surface area contributed by atoms with E-state index in [-0.39, 0.29) is 0 Å². The molecule has 10 heteroatoms. The molecule has 0 spiro atoms. The average molecular weight is 327 g/mol. The van der Waals surface area contributed by atoms with Gasteiger partial charge in [-0.1, -0.05) is 6.07 Å². The van der Waals surface area contributed by atoms with E-state index in [1.54, 1.807) is 0 Å². The normalized spacial score (nSPS) is 17.0. The van der Waals surface area contributed by atoms with Crippen LogP contribution in [-0.4, -0.2) is 54.5 Å². The Morgan fingerprint density at radius 2 is 1.86 bits per heavy atom. The van der Waals surface area contributed by atoms with E-state index >= 15 is 0 Å². The van der Waals surface area contributed by atoms with Crippen LogP contribution in [0.1, 0.15) is 5.69 Å². The van der Waals surface area contributed by atoms with E-state index in [1.807, 2.05) is 18.3 Å². The minimum Gasteiger partial charge on any atom is -0.314 e. The molecule has 0 aliphatic carbocycles. The average Bonchev–Trinajstić information content (AvgIpc) is 2.39. The highest BCUT2D eigenvalue weighted by atomic mass is 32.2. The van der Waals surface area contributed by atoms with Gasteiger partial charge >= 0.3 is 15.6 Å². The quantitative estimate of drug-likeness (QED) is 0.620. The van der Waals surface area contributed by atoms with Crippen molar-refractivity contribution in [1.29, 1.82) is 0 Å². The summed E-state index contributed by atoms with van der Waals surface area (Å²) in [5.74, 6) is 0. The molecule has 1 fully saturated rings. The number of nitrogens with one attached hydrogen (secondary N) is 1. The topological polar surface area (TPSA) is 82.5 Å². The molecule has 1 aliphatic rings. The fourth-order valence-electron chi connectivity index (χ4n) is 1.59. The lowest BCUT2D eigenvalue weighted by Crippen LogP contribution is -2.43. The first-order chi connectivity index (χ1) is 9.70. The highest BCUT2D eigenvalue weighted by Gasteiger charge is 2.44. The summed E-state index contributed by atoms with van der Waals surface area (Å²) < 4.78 is 57.5. The number of hydrogen-bond donors (Lipinski definition) is 2. The van der Waals surface area contributed by atoms with Gasteiger partial charge < -0.3 is 5.32 Å². The number of pyridine rings is 1. The van der Waals surface area contributed by atoms with Crippen molar-refractivity contribution in [2.24, 2.45) is 0 Å². The van der Waals surface area contributed by atoms with Crippen LogP contribution in [0.4, 0.5) is 13.2 Å². The molecule has 2 rings (SSSR count). The maximum atomic E-state index is 10.7. The lowest BCUT2D eigenvalue weighted by molar-refractivity contribution is -0.0510. The van der Waals surface area contributed by atoms with E-state index in [1.165, 1.54) is 5.69 Å². The van der Waals surface area contributed by atoms with Gasteiger partial charge in [0.25, 0.3) is 0 Å². The molecule has 21 heavy (non-hydrogen) atoms. The van der Waals surface area contributed by atoms with Crippen molar-refractivity contribution >= 4 is 10.1 Å². The molecular weight excluding hydrogens is 311 g/mol. The first kappa shape index (κ1) is 17.8. The first-order valence-corrected chi connectivity index (χ1v) is 7.51. The van der Waals surface area contributed by atoms with Crippen molar-refractivity contribution in [2.75, 3.05) is 26.2 Å². The molecule has 2 heterocycles. The van der Waals surface area contributed by atoms with Gasteiger partial charge in [0, 0.05) is 38.9 Å². The van der Waals surface area contributed by atoms with Gasteiger partial charge in [0.05, 0.1) is 5.69 Å². The van der Waals surface area contributed by atoms with Crippen molar-refractivity contribution in [3.05, 3.63) is 30.1 Å². The standard InChI is InChI=1S/C10H15N3.CHF3O3S/c1-2-4-12-10(3-1)9-13-7-5-11-6-8-13;2-1(3,4)8(5,6)7/h1-4,11H,5-9H2;(H,5,6,7). The molecule has 0 atom stereocenters. The van der Waals surface area contributed by atoms with E-state index in [9.17, 15) is 13.2 Å². The monoisotopic (exact) mass is 327 g/mol. The van der Waals surface area contributed by atoms with Gasteiger partial charge in [-0.15, -0.1) is 0 Å². The Kier molecular flexibility index (Phi) is 6.52. The van der Waals surface area contributed by atoms with Crippen LogP contribution in [-0.2, 0) is 16.7 Å². The largest absolute Gasteiger partial charge is 0.522 e. The number of hydrogen-bond acceptors (Lipinski definition) is 5. The van der Waals surface area contributed by atoms with Gasteiger partial charge in [-0.2, -0.15) is 21.6 Å². The van der Waals surface area contributed by atoms with Crippen LogP contribution in [0.25, 0.3) is 0 Å². The van der Waals surface area contributed by atoms with Crippen molar-refractivity contribution < 1.29 is 26.1 Å². The number of nitrogens with zero attached hydrogens (tertiary/aromatic N) is 2. The summed E-state index contributed by atoms with van der Waals surface area (Å²) in [6, 6.07) is 6.09. The molecule has 1 saturated heterocycles. The molecule has 2 N–H and O–H groups in total. The Labute approximate surface area is 120 Å². The number of aromatic nitrogens is 1. The van der Waals surface area contributed by atoms with E-state index in [0.717, 1.165) is 32.7 Å². The lowest BCUT2D eigenvalue weighted by Gasteiger charge is -2.26. The van der Waals surface area contributed by atoms with Gasteiger partial charge in [-0.3, -0.25) is 14.4 Å². The van der Waals surface area contributed by atoms with Crippen LogP contribution in [0.2, 0.25) is 0 Å². The molecule has 0 amide bonds. The molecule has 0 aromatic carbocycles. The zero-order valence-electron chi connectivity index (χ0n) is 11.0. The van der Waals surface area contributed by atoms with Crippen molar-refractivity contribution in [3.8, 4) is 0 Å².